The first-order valence-corrected chi connectivity index (χ1v) is 6.04. The van der Waals surface area contributed by atoms with Gasteiger partial charge in [-0.05, 0) is 18.2 Å². The molecule has 0 spiro atoms. The molecule has 96 valence electrons. The molecule has 2 aromatic rings. The molecule has 1 aromatic heterocycles. The van der Waals surface area contributed by atoms with Crippen LogP contribution < -0.4 is 10.1 Å². The maximum atomic E-state index is 11.3. The van der Waals surface area contributed by atoms with E-state index in [1.165, 1.54) is 11.3 Å². The first-order valence-electron chi connectivity index (χ1n) is 5.22. The number of anilines is 1. The minimum Gasteiger partial charge on any atom is -0.497 e. The van der Waals surface area contributed by atoms with Crippen LogP contribution in [0.5, 0.6) is 5.75 Å². The summed E-state index contributed by atoms with van der Waals surface area (Å²) in [5.41, 5.74) is 0.776. The number of amides is 1. The monoisotopic (exact) mass is 268 g/mol. The zero-order chi connectivity index (χ0) is 13.0. The molecule has 0 fully saturated rings. The van der Waals surface area contributed by atoms with Crippen LogP contribution in [0, 0.1) is 0 Å². The van der Waals surface area contributed by atoms with Gasteiger partial charge in [0.15, 0.2) is 5.13 Å². The summed E-state index contributed by atoms with van der Waals surface area (Å²) in [6, 6.07) is 5.46. The largest absolute Gasteiger partial charge is 0.497 e. The Labute approximate surface area is 107 Å². The summed E-state index contributed by atoms with van der Waals surface area (Å²) in [6.07, 6.45) is -0.630. The zero-order valence-electron chi connectivity index (χ0n) is 9.67. The molecular weight excluding hydrogens is 256 g/mol. The molecule has 1 amide bonds. The summed E-state index contributed by atoms with van der Waals surface area (Å²) in [7, 11) is 1.59. The van der Waals surface area contributed by atoms with Gasteiger partial charge in [-0.1, -0.05) is 11.3 Å². The van der Waals surface area contributed by atoms with Crippen molar-refractivity contribution in [1.82, 2.24) is 4.98 Å². The molecular formula is C11H12N2O4S. The number of aromatic nitrogens is 1. The van der Waals surface area contributed by atoms with Crippen LogP contribution in [0.2, 0.25) is 0 Å². The van der Waals surface area contributed by atoms with Crippen molar-refractivity contribution < 1.29 is 19.4 Å². The van der Waals surface area contributed by atoms with Gasteiger partial charge in [-0.3, -0.25) is 5.32 Å². The molecule has 0 atom stereocenters. The van der Waals surface area contributed by atoms with Gasteiger partial charge in [0.1, 0.15) is 12.4 Å². The molecule has 6 nitrogen and oxygen atoms in total. The van der Waals surface area contributed by atoms with Gasteiger partial charge in [-0.25, -0.2) is 9.78 Å². The number of benzene rings is 1. The number of aliphatic hydroxyl groups is 1. The summed E-state index contributed by atoms with van der Waals surface area (Å²) in [5.74, 6) is 0.737. The molecule has 0 saturated carbocycles. The molecule has 1 heterocycles. The molecule has 1 aromatic carbocycles. The van der Waals surface area contributed by atoms with Crippen molar-refractivity contribution in [2.24, 2.45) is 0 Å². The summed E-state index contributed by atoms with van der Waals surface area (Å²) in [6.45, 7) is -0.241. The predicted molar refractivity (Wildman–Crippen MR) is 68.2 cm³/mol. The molecule has 2 N–H and O–H groups in total. The Bertz CT molecular complexity index is 555. The first-order chi connectivity index (χ1) is 8.72. The lowest BCUT2D eigenvalue weighted by atomic mass is 10.3. The van der Waals surface area contributed by atoms with Crippen molar-refractivity contribution in [3.8, 4) is 5.75 Å². The minimum absolute atomic E-state index is 0.0372. The Kier molecular flexibility index (Phi) is 3.96. The number of carbonyl (C=O) groups excluding carboxylic acids is 1. The number of methoxy groups -OCH3 is 1. The normalized spacial score (nSPS) is 10.3. The lowest BCUT2D eigenvalue weighted by Gasteiger charge is -2.01. The third-order valence-electron chi connectivity index (χ3n) is 2.13. The van der Waals surface area contributed by atoms with E-state index in [9.17, 15) is 4.79 Å². The standard InChI is InChI=1S/C11H12N2O4S/c1-16-7-2-3-8-9(6-7)18-10(12-8)13-11(15)17-5-4-14/h2-3,6,14H,4-5H2,1H3,(H,12,13,15). The number of hydrogen-bond acceptors (Lipinski definition) is 6. The number of fused-ring (bicyclic) bond motifs is 1. The SMILES string of the molecule is COc1ccc2nc(NC(=O)OCCO)sc2c1. The molecule has 0 bridgehead atoms. The maximum absolute atomic E-state index is 11.3. The van der Waals surface area contributed by atoms with E-state index in [2.05, 4.69) is 15.0 Å². The number of ether oxygens (including phenoxy) is 2. The van der Waals surface area contributed by atoms with E-state index in [1.807, 2.05) is 12.1 Å². The van der Waals surface area contributed by atoms with Crippen LogP contribution in [-0.2, 0) is 4.74 Å². The molecule has 0 saturated heterocycles. The summed E-state index contributed by atoms with van der Waals surface area (Å²) in [4.78, 5) is 15.5. The van der Waals surface area contributed by atoms with Crippen LogP contribution in [-0.4, -0.2) is 36.5 Å². The first kappa shape index (κ1) is 12.6. The van der Waals surface area contributed by atoms with Crippen LogP contribution >= 0.6 is 11.3 Å². The maximum Gasteiger partial charge on any atom is 0.413 e. The number of aliphatic hydroxyl groups excluding tert-OH is 1. The second kappa shape index (κ2) is 5.65. The fourth-order valence-corrected chi connectivity index (χ4v) is 2.23. The number of rotatable bonds is 4. The molecule has 18 heavy (non-hydrogen) atoms. The van der Waals surface area contributed by atoms with Crippen molar-refractivity contribution in [3.63, 3.8) is 0 Å². The molecule has 0 aliphatic rings. The summed E-state index contributed by atoms with van der Waals surface area (Å²) < 4.78 is 10.7. The Morgan fingerprint density at radius 3 is 3.11 bits per heavy atom. The van der Waals surface area contributed by atoms with Crippen LogP contribution in [0.4, 0.5) is 9.93 Å². The van der Waals surface area contributed by atoms with Gasteiger partial charge in [-0.15, -0.1) is 0 Å². The highest BCUT2D eigenvalue weighted by molar-refractivity contribution is 7.22. The quantitative estimate of drug-likeness (QED) is 0.884. The Balaban J connectivity index is 2.12. The van der Waals surface area contributed by atoms with Crippen molar-refractivity contribution >= 4 is 32.8 Å². The second-order valence-electron chi connectivity index (χ2n) is 3.34. The highest BCUT2D eigenvalue weighted by Gasteiger charge is 2.08. The third-order valence-corrected chi connectivity index (χ3v) is 3.06. The van der Waals surface area contributed by atoms with Crippen molar-refractivity contribution in [2.45, 2.75) is 0 Å². The van der Waals surface area contributed by atoms with Gasteiger partial charge in [-0.2, -0.15) is 0 Å². The molecule has 2 rings (SSSR count). The van der Waals surface area contributed by atoms with Gasteiger partial charge in [0.25, 0.3) is 0 Å². The van der Waals surface area contributed by atoms with Crippen molar-refractivity contribution in [2.75, 3.05) is 25.6 Å². The molecule has 0 aliphatic carbocycles. The summed E-state index contributed by atoms with van der Waals surface area (Å²) >= 11 is 1.32. The smallest absolute Gasteiger partial charge is 0.413 e. The van der Waals surface area contributed by atoms with Crippen LogP contribution in [0.3, 0.4) is 0 Å². The second-order valence-corrected chi connectivity index (χ2v) is 4.37. The fourth-order valence-electron chi connectivity index (χ4n) is 1.35. The average Bonchev–Trinajstić information content (AvgIpc) is 2.77. The molecule has 7 heteroatoms. The molecule has 0 unspecified atom stereocenters. The predicted octanol–water partition coefficient (Wildman–Crippen LogP) is 1.85. The Morgan fingerprint density at radius 2 is 2.39 bits per heavy atom. The molecule has 0 aliphatic heterocycles. The van der Waals surface area contributed by atoms with Gasteiger partial charge in [0.05, 0.1) is 23.9 Å². The Hall–Kier alpha value is -1.86. The van der Waals surface area contributed by atoms with E-state index < -0.39 is 6.09 Å². The van der Waals surface area contributed by atoms with E-state index in [1.54, 1.807) is 13.2 Å². The van der Waals surface area contributed by atoms with Gasteiger partial charge in [0.2, 0.25) is 0 Å². The number of nitrogens with zero attached hydrogens (tertiary/aromatic N) is 1. The van der Waals surface area contributed by atoms with Crippen LogP contribution in [0.1, 0.15) is 0 Å². The highest BCUT2D eigenvalue weighted by atomic mass is 32.1. The van der Waals surface area contributed by atoms with Crippen molar-refractivity contribution in [3.05, 3.63) is 18.2 Å². The average molecular weight is 268 g/mol. The van der Waals surface area contributed by atoms with E-state index in [0.717, 1.165) is 16.0 Å². The van der Waals surface area contributed by atoms with E-state index >= 15 is 0 Å². The van der Waals surface area contributed by atoms with Crippen LogP contribution in [0.15, 0.2) is 18.2 Å². The minimum atomic E-state index is -0.630. The fraction of sp³-hybridized carbons (Fsp3) is 0.273. The zero-order valence-corrected chi connectivity index (χ0v) is 10.5. The lowest BCUT2D eigenvalue weighted by Crippen LogP contribution is -2.15. The van der Waals surface area contributed by atoms with E-state index in [4.69, 9.17) is 9.84 Å². The third kappa shape index (κ3) is 2.88. The van der Waals surface area contributed by atoms with Gasteiger partial charge >= 0.3 is 6.09 Å². The van der Waals surface area contributed by atoms with E-state index in [-0.39, 0.29) is 13.2 Å². The number of nitrogens with one attached hydrogen (secondary N) is 1. The number of hydrogen-bond donors (Lipinski definition) is 2. The van der Waals surface area contributed by atoms with Gasteiger partial charge in [0, 0.05) is 0 Å². The highest BCUT2D eigenvalue weighted by Crippen LogP contribution is 2.29. The lowest BCUT2D eigenvalue weighted by molar-refractivity contribution is 0.131. The Morgan fingerprint density at radius 1 is 1.56 bits per heavy atom. The van der Waals surface area contributed by atoms with E-state index in [0.29, 0.717) is 5.13 Å². The topological polar surface area (TPSA) is 80.7 Å². The molecule has 0 radical (unpaired) electrons. The number of thiazole rings is 1. The number of carbonyl (C=O) groups is 1. The van der Waals surface area contributed by atoms with Crippen molar-refractivity contribution in [1.29, 1.82) is 0 Å². The van der Waals surface area contributed by atoms with Gasteiger partial charge < -0.3 is 14.6 Å². The summed E-state index contributed by atoms with van der Waals surface area (Å²) in [5, 5.41) is 11.5. The van der Waals surface area contributed by atoms with Crippen LogP contribution in [0.25, 0.3) is 10.2 Å².